The lowest BCUT2D eigenvalue weighted by Gasteiger charge is -2.31. The molecular formula is C18H25F3N2O4S. The molecule has 6 nitrogen and oxygen atoms in total. The smallest absolute Gasteiger partial charge is 0.379 e. The number of amides is 1. The number of nitrogens with zero attached hydrogens (tertiary/aromatic N) is 2. The Labute approximate surface area is 163 Å². The van der Waals surface area contributed by atoms with Gasteiger partial charge in [-0.2, -0.15) is 17.5 Å². The highest BCUT2D eigenvalue weighted by Gasteiger charge is 2.35. The van der Waals surface area contributed by atoms with Crippen molar-refractivity contribution in [2.24, 2.45) is 5.41 Å². The molecule has 0 spiro atoms. The molecule has 0 atom stereocenters. The SMILES string of the molecule is CC(C)(C)CN(CC(F)(F)F)C(=O)c1ccc(S(=O)(=O)N2CCOCC2)cc1. The Morgan fingerprint density at radius 3 is 2.07 bits per heavy atom. The van der Waals surface area contributed by atoms with Gasteiger partial charge in [-0.3, -0.25) is 4.79 Å². The first-order valence-corrected chi connectivity index (χ1v) is 10.3. The van der Waals surface area contributed by atoms with E-state index in [4.69, 9.17) is 4.74 Å². The largest absolute Gasteiger partial charge is 0.406 e. The van der Waals surface area contributed by atoms with Crippen molar-refractivity contribution in [3.63, 3.8) is 0 Å². The summed E-state index contributed by atoms with van der Waals surface area (Å²) in [5.74, 6) is -0.789. The fourth-order valence-electron chi connectivity index (χ4n) is 2.88. The van der Waals surface area contributed by atoms with Crippen LogP contribution in [-0.4, -0.2) is 69.1 Å². The Morgan fingerprint density at radius 2 is 1.61 bits per heavy atom. The number of alkyl halides is 3. The molecule has 0 aliphatic carbocycles. The van der Waals surface area contributed by atoms with Gasteiger partial charge in [0.2, 0.25) is 10.0 Å². The monoisotopic (exact) mass is 422 g/mol. The molecule has 1 fully saturated rings. The Morgan fingerprint density at radius 1 is 1.07 bits per heavy atom. The predicted molar refractivity (Wildman–Crippen MR) is 97.4 cm³/mol. The molecule has 1 aromatic rings. The number of carbonyl (C=O) groups excluding carboxylic acids is 1. The van der Waals surface area contributed by atoms with E-state index in [0.29, 0.717) is 13.2 Å². The Bertz CT molecular complexity index is 765. The van der Waals surface area contributed by atoms with Crippen LogP contribution >= 0.6 is 0 Å². The molecule has 0 aromatic heterocycles. The summed E-state index contributed by atoms with van der Waals surface area (Å²) in [6.07, 6.45) is -4.53. The third kappa shape index (κ3) is 6.18. The van der Waals surface area contributed by atoms with Crippen LogP contribution in [0.3, 0.4) is 0 Å². The lowest BCUT2D eigenvalue weighted by atomic mass is 9.95. The maximum atomic E-state index is 12.9. The molecule has 1 aromatic carbocycles. The van der Waals surface area contributed by atoms with Crippen molar-refractivity contribution in [1.82, 2.24) is 9.21 Å². The normalized spacial score (nSPS) is 16.8. The summed E-state index contributed by atoms with van der Waals surface area (Å²) < 4.78 is 70.3. The highest BCUT2D eigenvalue weighted by molar-refractivity contribution is 7.89. The second-order valence-electron chi connectivity index (χ2n) is 7.88. The first-order chi connectivity index (χ1) is 12.8. The zero-order chi connectivity index (χ0) is 21.2. The number of hydrogen-bond acceptors (Lipinski definition) is 4. The highest BCUT2D eigenvalue weighted by Crippen LogP contribution is 2.24. The van der Waals surface area contributed by atoms with Crippen LogP contribution in [0.25, 0.3) is 0 Å². The van der Waals surface area contributed by atoms with Crippen molar-refractivity contribution in [3.8, 4) is 0 Å². The fraction of sp³-hybridized carbons (Fsp3) is 0.611. The van der Waals surface area contributed by atoms with Crippen molar-refractivity contribution in [2.75, 3.05) is 39.4 Å². The zero-order valence-corrected chi connectivity index (χ0v) is 16.9. The van der Waals surface area contributed by atoms with Crippen LogP contribution in [0.4, 0.5) is 13.2 Å². The van der Waals surface area contributed by atoms with E-state index in [-0.39, 0.29) is 30.1 Å². The molecule has 1 aliphatic heterocycles. The predicted octanol–water partition coefficient (Wildman–Crippen LogP) is 2.76. The first-order valence-electron chi connectivity index (χ1n) is 8.84. The molecule has 0 N–H and O–H groups in total. The van der Waals surface area contributed by atoms with E-state index >= 15 is 0 Å². The van der Waals surface area contributed by atoms with Crippen LogP contribution in [0, 0.1) is 5.41 Å². The average molecular weight is 422 g/mol. The molecule has 1 amide bonds. The number of morpholine rings is 1. The number of ether oxygens (including phenoxy) is 1. The summed E-state index contributed by atoms with van der Waals surface area (Å²) in [5, 5.41) is 0. The summed E-state index contributed by atoms with van der Waals surface area (Å²) in [4.78, 5) is 13.3. The second-order valence-corrected chi connectivity index (χ2v) is 9.82. The van der Waals surface area contributed by atoms with Crippen molar-refractivity contribution < 1.29 is 31.1 Å². The van der Waals surface area contributed by atoms with E-state index in [9.17, 15) is 26.4 Å². The molecule has 0 unspecified atom stereocenters. The maximum absolute atomic E-state index is 12.9. The number of rotatable bonds is 5. The summed E-state index contributed by atoms with van der Waals surface area (Å²) in [6.45, 7) is 4.83. The van der Waals surface area contributed by atoms with E-state index in [1.165, 1.54) is 28.6 Å². The maximum Gasteiger partial charge on any atom is 0.406 e. The molecule has 28 heavy (non-hydrogen) atoms. The minimum Gasteiger partial charge on any atom is -0.379 e. The lowest BCUT2D eigenvalue weighted by molar-refractivity contribution is -0.142. The Hall–Kier alpha value is -1.65. The van der Waals surface area contributed by atoms with Gasteiger partial charge in [-0.15, -0.1) is 0 Å². The van der Waals surface area contributed by atoms with Crippen LogP contribution in [0.15, 0.2) is 29.2 Å². The standard InChI is InChI=1S/C18H25F3N2O4S/c1-17(2,3)12-22(13-18(19,20)21)16(24)14-4-6-15(7-5-14)28(25,26)23-8-10-27-11-9-23/h4-7H,8-13H2,1-3H3. The molecule has 0 bridgehead atoms. The number of carbonyl (C=O) groups is 1. The molecule has 0 radical (unpaired) electrons. The van der Waals surface area contributed by atoms with E-state index in [2.05, 4.69) is 0 Å². The van der Waals surface area contributed by atoms with Gasteiger partial charge in [0.25, 0.3) is 5.91 Å². The van der Waals surface area contributed by atoms with Gasteiger partial charge < -0.3 is 9.64 Å². The lowest BCUT2D eigenvalue weighted by Crippen LogP contribution is -2.43. The molecule has 1 saturated heterocycles. The molecule has 1 heterocycles. The summed E-state index contributed by atoms with van der Waals surface area (Å²) >= 11 is 0. The van der Waals surface area contributed by atoms with Crippen LogP contribution in [-0.2, 0) is 14.8 Å². The third-order valence-electron chi connectivity index (χ3n) is 4.03. The van der Waals surface area contributed by atoms with Crippen LogP contribution in [0.1, 0.15) is 31.1 Å². The van der Waals surface area contributed by atoms with Gasteiger partial charge in [0.1, 0.15) is 6.54 Å². The Kier molecular flexibility index (Phi) is 6.78. The number of benzene rings is 1. The van der Waals surface area contributed by atoms with Gasteiger partial charge in [-0.1, -0.05) is 20.8 Å². The highest BCUT2D eigenvalue weighted by atomic mass is 32.2. The van der Waals surface area contributed by atoms with Gasteiger partial charge in [0.15, 0.2) is 0 Å². The average Bonchev–Trinajstić information content (AvgIpc) is 2.59. The topological polar surface area (TPSA) is 66.9 Å². The van der Waals surface area contributed by atoms with Crippen molar-refractivity contribution in [2.45, 2.75) is 31.8 Å². The molecule has 0 saturated carbocycles. The first kappa shape index (κ1) is 22.6. The fourth-order valence-corrected chi connectivity index (χ4v) is 4.28. The zero-order valence-electron chi connectivity index (χ0n) is 16.1. The summed E-state index contributed by atoms with van der Waals surface area (Å²) in [7, 11) is -3.73. The quantitative estimate of drug-likeness (QED) is 0.732. The molecule has 158 valence electrons. The van der Waals surface area contributed by atoms with Crippen molar-refractivity contribution >= 4 is 15.9 Å². The number of sulfonamides is 1. The van der Waals surface area contributed by atoms with Crippen molar-refractivity contribution in [1.29, 1.82) is 0 Å². The molecular weight excluding hydrogens is 397 g/mol. The third-order valence-corrected chi connectivity index (χ3v) is 5.94. The van der Waals surface area contributed by atoms with Crippen molar-refractivity contribution in [3.05, 3.63) is 29.8 Å². The summed E-state index contributed by atoms with van der Waals surface area (Å²) in [6, 6.07) is 5.01. The van der Waals surface area contributed by atoms with Gasteiger partial charge in [0, 0.05) is 25.2 Å². The van der Waals surface area contributed by atoms with E-state index in [0.717, 1.165) is 4.90 Å². The minimum absolute atomic E-state index is 0.00873. The number of hydrogen-bond donors (Lipinski definition) is 0. The van der Waals surface area contributed by atoms with Gasteiger partial charge >= 0.3 is 6.18 Å². The second kappa shape index (κ2) is 8.38. The molecule has 10 heteroatoms. The van der Waals surface area contributed by atoms with E-state index in [1.807, 2.05) is 0 Å². The molecule has 2 rings (SSSR count). The van der Waals surface area contributed by atoms with Crippen LogP contribution < -0.4 is 0 Å². The summed E-state index contributed by atoms with van der Waals surface area (Å²) in [5.41, 5.74) is -0.519. The number of halogens is 3. The van der Waals surface area contributed by atoms with E-state index in [1.54, 1.807) is 20.8 Å². The van der Waals surface area contributed by atoms with E-state index < -0.39 is 34.1 Å². The van der Waals surface area contributed by atoms with Crippen LogP contribution in [0.2, 0.25) is 0 Å². The van der Waals surface area contributed by atoms with Gasteiger partial charge in [-0.05, 0) is 29.7 Å². The molecule has 1 aliphatic rings. The van der Waals surface area contributed by atoms with Gasteiger partial charge in [-0.25, -0.2) is 8.42 Å². The van der Waals surface area contributed by atoms with Crippen LogP contribution in [0.5, 0.6) is 0 Å². The van der Waals surface area contributed by atoms with Gasteiger partial charge in [0.05, 0.1) is 18.1 Å². The minimum atomic E-state index is -4.53. The Balaban J connectivity index is 2.22.